The zero-order valence-electron chi connectivity index (χ0n) is 18.8. The molecule has 0 aliphatic heterocycles. The number of hydrazine groups is 1. The van der Waals surface area contributed by atoms with Crippen molar-refractivity contribution >= 4 is 22.7 Å². The standard InChI is InChI=1S/C26H24N4O4/c1-3-33-19-8-10-20(11-9-19)34-17(2)25(31)29-30-26(32)22-16-24(18-12-14-27-15-13-18)28-23-7-5-4-6-21(22)23/h4-17H,3H2,1-2H3,(H,29,31)(H,30,32). The molecule has 2 amide bonds. The van der Waals surface area contributed by atoms with Gasteiger partial charge in [-0.15, -0.1) is 0 Å². The molecule has 4 aromatic rings. The summed E-state index contributed by atoms with van der Waals surface area (Å²) in [4.78, 5) is 34.2. The Labute approximate surface area is 196 Å². The van der Waals surface area contributed by atoms with Gasteiger partial charge in [0.15, 0.2) is 6.10 Å². The Kier molecular flexibility index (Phi) is 6.98. The Hall–Kier alpha value is -4.46. The van der Waals surface area contributed by atoms with Crippen LogP contribution in [0.3, 0.4) is 0 Å². The second-order valence-corrected chi connectivity index (χ2v) is 7.42. The molecule has 4 rings (SSSR count). The number of hydrogen-bond acceptors (Lipinski definition) is 6. The second-order valence-electron chi connectivity index (χ2n) is 7.42. The molecule has 2 aromatic carbocycles. The molecule has 34 heavy (non-hydrogen) atoms. The number of rotatable bonds is 7. The first-order chi connectivity index (χ1) is 16.5. The minimum absolute atomic E-state index is 0.387. The molecule has 2 heterocycles. The number of para-hydroxylation sites is 1. The third-order valence-electron chi connectivity index (χ3n) is 5.05. The number of nitrogens with one attached hydrogen (secondary N) is 2. The first-order valence-corrected chi connectivity index (χ1v) is 10.8. The van der Waals surface area contributed by atoms with Crippen LogP contribution in [-0.2, 0) is 4.79 Å². The van der Waals surface area contributed by atoms with Crippen molar-refractivity contribution in [1.82, 2.24) is 20.8 Å². The van der Waals surface area contributed by atoms with E-state index in [9.17, 15) is 9.59 Å². The van der Waals surface area contributed by atoms with E-state index in [4.69, 9.17) is 9.47 Å². The summed E-state index contributed by atoms with van der Waals surface area (Å²) >= 11 is 0. The summed E-state index contributed by atoms with van der Waals surface area (Å²) in [5.74, 6) is 0.278. The van der Waals surface area contributed by atoms with Crippen LogP contribution in [0.25, 0.3) is 22.2 Å². The predicted molar refractivity (Wildman–Crippen MR) is 128 cm³/mol. The SMILES string of the molecule is CCOc1ccc(OC(C)C(=O)NNC(=O)c2cc(-c3ccncc3)nc3ccccc23)cc1. The normalized spacial score (nSPS) is 11.5. The molecule has 2 aromatic heterocycles. The molecule has 0 saturated heterocycles. The average molecular weight is 457 g/mol. The summed E-state index contributed by atoms with van der Waals surface area (Å²) in [6.45, 7) is 4.07. The van der Waals surface area contributed by atoms with Crippen LogP contribution in [0, 0.1) is 0 Å². The van der Waals surface area contributed by atoms with Crippen molar-refractivity contribution < 1.29 is 19.1 Å². The molecule has 8 nitrogen and oxygen atoms in total. The molecule has 0 aliphatic carbocycles. The van der Waals surface area contributed by atoms with Crippen LogP contribution >= 0.6 is 0 Å². The third kappa shape index (κ3) is 5.29. The van der Waals surface area contributed by atoms with Gasteiger partial charge in [0, 0.05) is 23.3 Å². The summed E-state index contributed by atoms with van der Waals surface area (Å²) in [7, 11) is 0. The first kappa shape index (κ1) is 22.7. The molecule has 0 aliphatic rings. The van der Waals surface area contributed by atoms with E-state index in [1.807, 2.05) is 43.3 Å². The van der Waals surface area contributed by atoms with E-state index in [-0.39, 0.29) is 0 Å². The van der Waals surface area contributed by atoms with Crippen molar-refractivity contribution in [3.05, 3.63) is 84.7 Å². The van der Waals surface area contributed by atoms with Crippen LogP contribution in [-0.4, -0.2) is 34.5 Å². The van der Waals surface area contributed by atoms with Crippen LogP contribution in [0.15, 0.2) is 79.1 Å². The minimum Gasteiger partial charge on any atom is -0.494 e. The van der Waals surface area contributed by atoms with Gasteiger partial charge < -0.3 is 9.47 Å². The number of fused-ring (bicyclic) bond motifs is 1. The minimum atomic E-state index is -0.834. The van der Waals surface area contributed by atoms with Crippen molar-refractivity contribution in [3.63, 3.8) is 0 Å². The molecule has 172 valence electrons. The van der Waals surface area contributed by atoms with Gasteiger partial charge in [-0.05, 0) is 62.4 Å². The largest absolute Gasteiger partial charge is 0.494 e. The van der Waals surface area contributed by atoms with Crippen LogP contribution in [0.4, 0.5) is 0 Å². The van der Waals surface area contributed by atoms with E-state index < -0.39 is 17.9 Å². The fourth-order valence-corrected chi connectivity index (χ4v) is 3.36. The second kappa shape index (κ2) is 10.4. The number of benzene rings is 2. The maximum atomic E-state index is 13.0. The van der Waals surface area contributed by atoms with Gasteiger partial charge in [0.2, 0.25) is 0 Å². The van der Waals surface area contributed by atoms with Crippen LogP contribution in [0.5, 0.6) is 11.5 Å². The summed E-state index contributed by atoms with van der Waals surface area (Å²) in [6, 6.07) is 19.6. The highest BCUT2D eigenvalue weighted by Gasteiger charge is 2.18. The lowest BCUT2D eigenvalue weighted by atomic mass is 10.0. The number of carbonyl (C=O) groups is 2. The molecule has 2 N–H and O–H groups in total. The van der Waals surface area contributed by atoms with Gasteiger partial charge in [-0.3, -0.25) is 25.4 Å². The van der Waals surface area contributed by atoms with E-state index in [0.717, 1.165) is 11.3 Å². The maximum Gasteiger partial charge on any atom is 0.279 e. The molecule has 0 radical (unpaired) electrons. The monoisotopic (exact) mass is 456 g/mol. The highest BCUT2D eigenvalue weighted by atomic mass is 16.5. The van der Waals surface area contributed by atoms with Gasteiger partial charge in [0.25, 0.3) is 11.8 Å². The van der Waals surface area contributed by atoms with Crippen molar-refractivity contribution in [2.45, 2.75) is 20.0 Å². The van der Waals surface area contributed by atoms with Gasteiger partial charge in [-0.1, -0.05) is 18.2 Å². The van der Waals surface area contributed by atoms with Gasteiger partial charge in [-0.2, -0.15) is 0 Å². The van der Waals surface area contributed by atoms with Crippen LogP contribution in [0.2, 0.25) is 0 Å². The van der Waals surface area contributed by atoms with E-state index in [2.05, 4.69) is 20.8 Å². The maximum absolute atomic E-state index is 13.0. The average Bonchev–Trinajstić information content (AvgIpc) is 2.88. The van der Waals surface area contributed by atoms with Gasteiger partial charge in [-0.25, -0.2) is 4.98 Å². The number of aromatic nitrogens is 2. The fraction of sp³-hybridized carbons (Fsp3) is 0.154. The molecule has 0 bridgehead atoms. The highest BCUT2D eigenvalue weighted by Crippen LogP contribution is 2.24. The van der Waals surface area contributed by atoms with E-state index in [1.165, 1.54) is 0 Å². The van der Waals surface area contributed by atoms with Crippen LogP contribution in [0.1, 0.15) is 24.2 Å². The van der Waals surface area contributed by atoms with Crippen LogP contribution < -0.4 is 20.3 Å². The van der Waals surface area contributed by atoms with Crippen molar-refractivity contribution in [1.29, 1.82) is 0 Å². The molecular formula is C26H24N4O4. The lowest BCUT2D eigenvalue weighted by Crippen LogP contribution is -2.47. The number of hydrogen-bond donors (Lipinski definition) is 2. The molecule has 1 unspecified atom stereocenters. The summed E-state index contributed by atoms with van der Waals surface area (Å²) < 4.78 is 11.1. The van der Waals surface area contributed by atoms with Gasteiger partial charge in [0.1, 0.15) is 11.5 Å². The Morgan fingerprint density at radius 2 is 1.65 bits per heavy atom. The Morgan fingerprint density at radius 3 is 2.38 bits per heavy atom. The number of pyridine rings is 2. The lowest BCUT2D eigenvalue weighted by Gasteiger charge is -2.16. The van der Waals surface area contributed by atoms with Gasteiger partial charge in [0.05, 0.1) is 23.4 Å². The fourth-order valence-electron chi connectivity index (χ4n) is 3.36. The molecule has 0 spiro atoms. The third-order valence-corrected chi connectivity index (χ3v) is 5.05. The smallest absolute Gasteiger partial charge is 0.279 e. The Balaban J connectivity index is 1.46. The Morgan fingerprint density at radius 1 is 0.941 bits per heavy atom. The first-order valence-electron chi connectivity index (χ1n) is 10.8. The molecular weight excluding hydrogens is 432 g/mol. The predicted octanol–water partition coefficient (Wildman–Crippen LogP) is 3.92. The summed E-state index contributed by atoms with van der Waals surface area (Å²) in [5.41, 5.74) is 7.43. The summed E-state index contributed by atoms with van der Waals surface area (Å²) in [5, 5.41) is 0.672. The number of ether oxygens (including phenoxy) is 2. The number of carbonyl (C=O) groups excluding carboxylic acids is 2. The van der Waals surface area contributed by atoms with Crippen molar-refractivity contribution in [2.24, 2.45) is 0 Å². The highest BCUT2D eigenvalue weighted by molar-refractivity contribution is 6.07. The molecule has 0 fully saturated rings. The quantitative estimate of drug-likeness (QED) is 0.409. The van der Waals surface area contributed by atoms with Crippen molar-refractivity contribution in [2.75, 3.05) is 6.61 Å². The Bertz CT molecular complexity index is 1290. The zero-order chi connectivity index (χ0) is 23.9. The topological polar surface area (TPSA) is 102 Å². The number of amides is 2. The zero-order valence-corrected chi connectivity index (χ0v) is 18.8. The lowest BCUT2D eigenvalue weighted by molar-refractivity contribution is -0.128. The van der Waals surface area contributed by atoms with Gasteiger partial charge >= 0.3 is 0 Å². The number of nitrogens with zero attached hydrogens (tertiary/aromatic N) is 2. The molecule has 0 saturated carbocycles. The van der Waals surface area contributed by atoms with E-state index in [1.54, 1.807) is 49.6 Å². The molecule has 1 atom stereocenters. The molecule has 8 heteroatoms. The van der Waals surface area contributed by atoms with E-state index >= 15 is 0 Å². The van der Waals surface area contributed by atoms with Crippen molar-refractivity contribution in [3.8, 4) is 22.8 Å². The van der Waals surface area contributed by atoms with E-state index in [0.29, 0.717) is 34.5 Å². The summed E-state index contributed by atoms with van der Waals surface area (Å²) in [6.07, 6.45) is 2.50.